The minimum atomic E-state index is 0.845. The standard InChI is InChI=1S/C60H40N2O2/c1-37-13-3-9-21-53(37)61(55-23-11-17-39-15-5-7-19-47(39)55)45-27-25-41-31-49-51-35-60-52(36-59(51)63-57(49)33-43(41)29-45)50-32-42-26-28-46(30-44(42)34-58(50)64-60)62(54-22-10-4-14-38(54)2)56-24-12-18-40-16-6-8-20-48(40)56/h3-36H,1-2H3. The first-order valence-corrected chi connectivity index (χ1v) is 21.9. The van der Waals surface area contributed by atoms with Gasteiger partial charge in [-0.15, -0.1) is 0 Å². The maximum atomic E-state index is 6.73. The zero-order valence-electron chi connectivity index (χ0n) is 35.3. The molecule has 0 N–H and O–H groups in total. The Morgan fingerprint density at radius 3 is 1.11 bits per heavy atom. The summed E-state index contributed by atoms with van der Waals surface area (Å²) in [5.74, 6) is 0. The second-order valence-electron chi connectivity index (χ2n) is 17.0. The molecule has 64 heavy (non-hydrogen) atoms. The predicted molar refractivity (Wildman–Crippen MR) is 270 cm³/mol. The van der Waals surface area contributed by atoms with Gasteiger partial charge in [-0.05, 0) is 142 Å². The summed E-state index contributed by atoms with van der Waals surface area (Å²) in [6.45, 7) is 4.36. The number of hydrogen-bond donors (Lipinski definition) is 0. The van der Waals surface area contributed by atoms with Gasteiger partial charge < -0.3 is 18.6 Å². The second-order valence-corrected chi connectivity index (χ2v) is 17.0. The number of anilines is 6. The van der Waals surface area contributed by atoms with Crippen molar-refractivity contribution >= 4 is 121 Å². The molecule has 0 fully saturated rings. The Labute approximate surface area is 369 Å². The maximum absolute atomic E-state index is 6.73. The number of nitrogens with zero attached hydrogens (tertiary/aromatic N) is 2. The summed E-state index contributed by atoms with van der Waals surface area (Å²) in [6.07, 6.45) is 0. The molecule has 0 radical (unpaired) electrons. The molecule has 13 rings (SSSR count). The van der Waals surface area contributed by atoms with Crippen molar-refractivity contribution in [1.29, 1.82) is 0 Å². The Kier molecular flexibility index (Phi) is 8.00. The minimum absolute atomic E-state index is 0.845. The van der Waals surface area contributed by atoms with Crippen LogP contribution in [0.2, 0.25) is 0 Å². The quantitative estimate of drug-likeness (QED) is 0.167. The molecule has 0 unspecified atom stereocenters. The van der Waals surface area contributed by atoms with E-state index in [1.807, 2.05) is 0 Å². The van der Waals surface area contributed by atoms with Gasteiger partial charge in [0.15, 0.2) is 0 Å². The van der Waals surface area contributed by atoms with Gasteiger partial charge in [0.1, 0.15) is 22.3 Å². The number of para-hydroxylation sites is 2. The highest BCUT2D eigenvalue weighted by molar-refractivity contribution is 6.18. The molecule has 4 nitrogen and oxygen atoms in total. The van der Waals surface area contributed by atoms with Gasteiger partial charge in [0, 0.05) is 55.1 Å². The van der Waals surface area contributed by atoms with Crippen LogP contribution in [0, 0.1) is 13.8 Å². The third kappa shape index (κ3) is 5.69. The SMILES string of the molecule is Cc1ccccc1N(c1ccc2cc3c(cc2c1)oc1cc2c(cc13)oc1cc3cc(N(c4ccccc4C)c4cccc5ccccc45)ccc3cc12)c1cccc2ccccc12. The average molecular weight is 821 g/mol. The van der Waals surface area contributed by atoms with Gasteiger partial charge in [0.2, 0.25) is 0 Å². The van der Waals surface area contributed by atoms with Gasteiger partial charge in [-0.1, -0.05) is 121 Å². The summed E-state index contributed by atoms with van der Waals surface area (Å²) in [4.78, 5) is 4.77. The number of rotatable bonds is 6. The molecule has 0 aliphatic heterocycles. The van der Waals surface area contributed by atoms with Crippen molar-refractivity contribution in [3.63, 3.8) is 0 Å². The van der Waals surface area contributed by atoms with Crippen molar-refractivity contribution in [1.82, 2.24) is 0 Å². The Balaban J connectivity index is 0.922. The lowest BCUT2D eigenvalue weighted by Crippen LogP contribution is -2.11. The normalized spacial score (nSPS) is 11.9. The van der Waals surface area contributed by atoms with Crippen LogP contribution in [0.1, 0.15) is 11.1 Å². The van der Waals surface area contributed by atoms with Gasteiger partial charge in [-0.3, -0.25) is 0 Å². The van der Waals surface area contributed by atoms with Crippen LogP contribution in [0.25, 0.3) is 87.0 Å². The van der Waals surface area contributed by atoms with E-state index in [1.54, 1.807) is 0 Å². The first-order valence-electron chi connectivity index (χ1n) is 21.9. The van der Waals surface area contributed by atoms with Crippen LogP contribution in [0.3, 0.4) is 0 Å². The Bertz CT molecular complexity index is 3750. The third-order valence-electron chi connectivity index (χ3n) is 13.2. The minimum Gasteiger partial charge on any atom is -0.456 e. The van der Waals surface area contributed by atoms with Crippen molar-refractivity contribution < 1.29 is 8.83 Å². The summed E-state index contributed by atoms with van der Waals surface area (Å²) in [5, 5.41) is 13.6. The van der Waals surface area contributed by atoms with Crippen LogP contribution in [0.5, 0.6) is 0 Å². The number of fused-ring (bicyclic) bond motifs is 10. The fraction of sp³-hybridized carbons (Fsp3) is 0.0333. The molecular weight excluding hydrogens is 781 g/mol. The van der Waals surface area contributed by atoms with E-state index < -0.39 is 0 Å². The zero-order chi connectivity index (χ0) is 42.5. The van der Waals surface area contributed by atoms with Crippen LogP contribution in [-0.4, -0.2) is 0 Å². The highest BCUT2D eigenvalue weighted by Gasteiger charge is 2.21. The lowest BCUT2D eigenvalue weighted by Gasteiger charge is -2.28. The Morgan fingerprint density at radius 2 is 0.641 bits per heavy atom. The second kappa shape index (κ2) is 14.1. The molecule has 0 spiro atoms. The van der Waals surface area contributed by atoms with Crippen molar-refractivity contribution in [3.05, 3.63) is 217 Å². The van der Waals surface area contributed by atoms with Crippen molar-refractivity contribution in [2.45, 2.75) is 13.8 Å². The van der Waals surface area contributed by atoms with E-state index in [0.29, 0.717) is 0 Å². The summed E-state index contributed by atoms with van der Waals surface area (Å²) >= 11 is 0. The van der Waals surface area contributed by atoms with Gasteiger partial charge in [-0.2, -0.15) is 0 Å². The molecule has 302 valence electrons. The third-order valence-corrected chi connectivity index (χ3v) is 13.2. The number of furan rings is 2. The molecule has 0 saturated heterocycles. The zero-order valence-corrected chi connectivity index (χ0v) is 35.3. The lowest BCUT2D eigenvalue weighted by molar-refractivity contribution is 0.664. The maximum Gasteiger partial charge on any atom is 0.136 e. The van der Waals surface area contributed by atoms with Crippen LogP contribution in [-0.2, 0) is 0 Å². The summed E-state index contributed by atoms with van der Waals surface area (Å²) < 4.78 is 13.5. The monoisotopic (exact) mass is 820 g/mol. The molecule has 2 aromatic heterocycles. The average Bonchev–Trinajstić information content (AvgIpc) is 3.86. The molecule has 0 amide bonds. The van der Waals surface area contributed by atoms with E-state index in [2.05, 4.69) is 230 Å². The molecule has 11 aromatic carbocycles. The van der Waals surface area contributed by atoms with Gasteiger partial charge >= 0.3 is 0 Å². The largest absolute Gasteiger partial charge is 0.456 e. The fourth-order valence-electron chi connectivity index (χ4n) is 10.0. The molecule has 13 aromatic rings. The first kappa shape index (κ1) is 36.3. The molecule has 0 atom stereocenters. The summed E-state index contributed by atoms with van der Waals surface area (Å²) in [5.41, 5.74) is 12.6. The number of hydrogen-bond acceptors (Lipinski definition) is 4. The van der Waals surface area contributed by atoms with Crippen LogP contribution in [0.15, 0.2) is 215 Å². The fourth-order valence-corrected chi connectivity index (χ4v) is 10.0. The molecule has 0 aliphatic carbocycles. The van der Waals surface area contributed by atoms with E-state index >= 15 is 0 Å². The highest BCUT2D eigenvalue weighted by atomic mass is 16.3. The number of benzene rings is 11. The van der Waals surface area contributed by atoms with Crippen LogP contribution in [0.4, 0.5) is 34.1 Å². The lowest BCUT2D eigenvalue weighted by atomic mass is 10.0. The van der Waals surface area contributed by atoms with Crippen molar-refractivity contribution in [3.8, 4) is 0 Å². The summed E-state index contributed by atoms with van der Waals surface area (Å²) in [7, 11) is 0. The van der Waals surface area contributed by atoms with Gasteiger partial charge in [0.05, 0.1) is 11.4 Å². The van der Waals surface area contributed by atoms with Crippen LogP contribution >= 0.6 is 0 Å². The van der Waals surface area contributed by atoms with Gasteiger partial charge in [-0.25, -0.2) is 0 Å². The number of aryl methyl sites for hydroxylation is 2. The van der Waals surface area contributed by atoms with Crippen LogP contribution < -0.4 is 9.80 Å². The van der Waals surface area contributed by atoms with E-state index in [0.717, 1.165) is 99.5 Å². The van der Waals surface area contributed by atoms with Gasteiger partial charge in [0.25, 0.3) is 0 Å². The Morgan fingerprint density at radius 1 is 0.266 bits per heavy atom. The molecule has 0 aliphatic rings. The molecule has 0 saturated carbocycles. The Hall–Kier alpha value is -8.34. The van der Waals surface area contributed by atoms with E-state index in [-0.39, 0.29) is 0 Å². The first-order chi connectivity index (χ1) is 31.5. The summed E-state index contributed by atoms with van der Waals surface area (Å²) in [6, 6.07) is 74.3. The topological polar surface area (TPSA) is 32.8 Å². The van der Waals surface area contributed by atoms with Crippen molar-refractivity contribution in [2.24, 2.45) is 0 Å². The molecule has 2 heterocycles. The highest BCUT2D eigenvalue weighted by Crippen LogP contribution is 2.45. The van der Waals surface area contributed by atoms with E-state index in [4.69, 9.17) is 8.83 Å². The van der Waals surface area contributed by atoms with E-state index in [1.165, 1.54) is 32.7 Å². The molecule has 4 heteroatoms. The predicted octanol–water partition coefficient (Wildman–Crippen LogP) is 17.7. The smallest absolute Gasteiger partial charge is 0.136 e. The molecule has 0 bridgehead atoms. The van der Waals surface area contributed by atoms with E-state index in [9.17, 15) is 0 Å². The molecular formula is C60H40N2O2. The van der Waals surface area contributed by atoms with Crippen molar-refractivity contribution in [2.75, 3.05) is 9.80 Å².